The molecule has 2 atom stereocenters. The number of esters is 2. The van der Waals surface area contributed by atoms with Crippen LogP contribution < -0.4 is 15.4 Å². The van der Waals surface area contributed by atoms with Gasteiger partial charge in [0.2, 0.25) is 6.29 Å². The van der Waals surface area contributed by atoms with Crippen LogP contribution in [0.15, 0.2) is 30.8 Å². The monoisotopic (exact) mass is 553 g/mol. The Balaban J connectivity index is 2.68. The van der Waals surface area contributed by atoms with Crippen LogP contribution in [-0.2, 0) is 14.3 Å². The molecule has 2 rings (SSSR count). The highest BCUT2D eigenvalue weighted by molar-refractivity contribution is 6.06. The van der Waals surface area contributed by atoms with Gasteiger partial charge in [-0.2, -0.15) is 0 Å². The van der Waals surface area contributed by atoms with E-state index in [0.717, 1.165) is 6.42 Å². The Kier molecular flexibility index (Phi) is 11.8. The number of amides is 2. The van der Waals surface area contributed by atoms with Crippen LogP contribution in [0.3, 0.4) is 0 Å². The van der Waals surface area contributed by atoms with Crippen LogP contribution in [0.25, 0.3) is 17.2 Å². The molecule has 2 amide bonds. The van der Waals surface area contributed by atoms with Crippen molar-refractivity contribution in [2.45, 2.75) is 54.3 Å². The van der Waals surface area contributed by atoms with E-state index < -0.39 is 36.0 Å². The summed E-state index contributed by atoms with van der Waals surface area (Å²) in [5.74, 6) is -2.12. The number of hydrogen-bond donors (Lipinski definition) is 2. The number of carbonyl (C=O) groups excluding carboxylic acids is 4. The number of pyridine rings is 1. The van der Waals surface area contributed by atoms with Crippen LogP contribution in [0, 0.1) is 11.8 Å². The summed E-state index contributed by atoms with van der Waals surface area (Å²) in [6.45, 7) is 15.1. The van der Waals surface area contributed by atoms with Crippen molar-refractivity contribution in [3.63, 3.8) is 0 Å². The van der Waals surface area contributed by atoms with Gasteiger partial charge in [0.25, 0.3) is 11.8 Å². The van der Waals surface area contributed by atoms with E-state index in [1.54, 1.807) is 39.0 Å². The molecule has 1 heterocycles. The Morgan fingerprint density at radius 3 is 2.25 bits per heavy atom. The summed E-state index contributed by atoms with van der Waals surface area (Å²) >= 11 is 0. The third-order valence-electron chi connectivity index (χ3n) is 6.12. The summed E-state index contributed by atoms with van der Waals surface area (Å²) in [5, 5.41) is 5.58. The van der Waals surface area contributed by atoms with Crippen molar-refractivity contribution >= 4 is 29.8 Å². The van der Waals surface area contributed by atoms with Gasteiger partial charge in [-0.15, -0.1) is 0 Å². The van der Waals surface area contributed by atoms with E-state index in [1.165, 1.54) is 26.2 Å². The molecule has 0 fully saturated rings. The largest absolute Gasteiger partial charge is 0.496 e. The zero-order valence-electron chi connectivity index (χ0n) is 24.3. The lowest BCUT2D eigenvalue weighted by Crippen LogP contribution is -2.30. The Morgan fingerprint density at radius 2 is 1.68 bits per heavy atom. The van der Waals surface area contributed by atoms with Gasteiger partial charge in [0.15, 0.2) is 5.69 Å². The topological polar surface area (TPSA) is 133 Å². The van der Waals surface area contributed by atoms with Crippen LogP contribution in [0.5, 0.6) is 5.75 Å². The molecular weight excluding hydrogens is 514 g/mol. The molecular formula is C30H39N3O7. The molecule has 0 bridgehead atoms. The molecule has 10 nitrogen and oxygen atoms in total. The van der Waals surface area contributed by atoms with E-state index in [4.69, 9.17) is 14.2 Å². The summed E-state index contributed by atoms with van der Waals surface area (Å²) in [6, 6.07) is 6.19. The summed E-state index contributed by atoms with van der Waals surface area (Å²) in [6.07, 6.45) is 1.21. The van der Waals surface area contributed by atoms with E-state index in [0.29, 0.717) is 30.0 Å². The van der Waals surface area contributed by atoms with E-state index >= 15 is 0 Å². The highest BCUT2D eigenvalue weighted by atomic mass is 16.7. The molecule has 216 valence electrons. The summed E-state index contributed by atoms with van der Waals surface area (Å²) in [7, 11) is 1.47. The minimum absolute atomic E-state index is 0.0138. The average molecular weight is 554 g/mol. The zero-order valence-corrected chi connectivity index (χ0v) is 24.3. The SMILES string of the molecule is C=Cc1cc(C(=O)NCC)c(-c2ccc(C(=O)NCC(C)CC)nc2C(=O)OC(C)OC(=O)C(C)C)cc1OC. The molecule has 10 heteroatoms. The standard InChI is InChI=1S/C30H39N3O7/c1-9-18(6)16-32-28(35)24-13-12-21(26(33-24)30(37)40-19(7)39-29(36)17(4)5)22-15-25(38-8)20(10-2)14-23(22)27(34)31-11-3/h10,12-15,17-19H,2,9,11,16H2,1,3-8H3,(H,31,34)(H,32,35). The Hall–Kier alpha value is -4.21. The van der Waals surface area contributed by atoms with Crippen molar-refractivity contribution in [1.82, 2.24) is 15.6 Å². The highest BCUT2D eigenvalue weighted by Gasteiger charge is 2.26. The molecule has 2 unspecified atom stereocenters. The first-order valence-corrected chi connectivity index (χ1v) is 13.3. The maximum absolute atomic E-state index is 13.4. The summed E-state index contributed by atoms with van der Waals surface area (Å²) < 4.78 is 16.1. The van der Waals surface area contributed by atoms with Crippen molar-refractivity contribution in [3.05, 3.63) is 53.4 Å². The van der Waals surface area contributed by atoms with E-state index in [2.05, 4.69) is 22.2 Å². The number of hydrogen-bond acceptors (Lipinski definition) is 8. The van der Waals surface area contributed by atoms with Crippen molar-refractivity contribution in [3.8, 4) is 16.9 Å². The molecule has 0 aliphatic heterocycles. The first-order valence-electron chi connectivity index (χ1n) is 13.3. The number of nitrogens with zero attached hydrogens (tertiary/aromatic N) is 1. The van der Waals surface area contributed by atoms with Gasteiger partial charge >= 0.3 is 11.9 Å². The molecule has 40 heavy (non-hydrogen) atoms. The lowest BCUT2D eigenvalue weighted by molar-refractivity contribution is -0.169. The number of aromatic nitrogens is 1. The van der Waals surface area contributed by atoms with Crippen LogP contribution in [0.4, 0.5) is 0 Å². The predicted molar refractivity (Wildman–Crippen MR) is 152 cm³/mol. The van der Waals surface area contributed by atoms with Gasteiger partial charge in [-0.25, -0.2) is 9.78 Å². The van der Waals surface area contributed by atoms with E-state index in [1.807, 2.05) is 13.8 Å². The predicted octanol–water partition coefficient (Wildman–Crippen LogP) is 4.63. The molecule has 0 aliphatic rings. The quantitative estimate of drug-likeness (QED) is 0.271. The third kappa shape index (κ3) is 8.14. The van der Waals surface area contributed by atoms with Crippen LogP contribution in [0.1, 0.15) is 84.9 Å². The molecule has 2 aromatic rings. The number of rotatable bonds is 13. The Bertz CT molecular complexity index is 1260. The van der Waals surface area contributed by atoms with Crippen LogP contribution >= 0.6 is 0 Å². The fourth-order valence-electron chi connectivity index (χ4n) is 3.59. The fourth-order valence-corrected chi connectivity index (χ4v) is 3.59. The molecule has 1 aromatic heterocycles. The fraction of sp³-hybridized carbons (Fsp3) is 0.433. The molecule has 0 radical (unpaired) electrons. The second kappa shape index (κ2) is 14.8. The number of nitrogens with one attached hydrogen (secondary N) is 2. The lowest BCUT2D eigenvalue weighted by atomic mass is 9.94. The molecule has 0 saturated carbocycles. The number of carbonyl (C=O) groups is 4. The van der Waals surface area contributed by atoms with Crippen molar-refractivity contribution in [2.24, 2.45) is 11.8 Å². The molecule has 0 saturated heterocycles. The minimum atomic E-state index is -1.22. The third-order valence-corrected chi connectivity index (χ3v) is 6.12. The van der Waals surface area contributed by atoms with Crippen molar-refractivity contribution in [1.29, 1.82) is 0 Å². The van der Waals surface area contributed by atoms with Gasteiger partial charge < -0.3 is 24.8 Å². The summed E-state index contributed by atoms with van der Waals surface area (Å²) in [5.41, 5.74) is 1.11. The lowest BCUT2D eigenvalue weighted by Gasteiger charge is -2.19. The van der Waals surface area contributed by atoms with Gasteiger partial charge in [-0.05, 0) is 37.1 Å². The molecule has 2 N–H and O–H groups in total. The maximum atomic E-state index is 13.4. The summed E-state index contributed by atoms with van der Waals surface area (Å²) in [4.78, 5) is 55.7. The van der Waals surface area contributed by atoms with Gasteiger partial charge in [0, 0.05) is 42.3 Å². The first-order chi connectivity index (χ1) is 19.0. The van der Waals surface area contributed by atoms with Gasteiger partial charge in [-0.1, -0.05) is 46.8 Å². The van der Waals surface area contributed by atoms with Crippen LogP contribution in [0.2, 0.25) is 0 Å². The molecule has 0 spiro atoms. The van der Waals surface area contributed by atoms with Gasteiger partial charge in [-0.3, -0.25) is 14.4 Å². The van der Waals surface area contributed by atoms with Crippen molar-refractivity contribution in [2.75, 3.05) is 20.2 Å². The maximum Gasteiger partial charge on any atom is 0.360 e. The highest BCUT2D eigenvalue weighted by Crippen LogP contribution is 2.34. The average Bonchev–Trinajstić information content (AvgIpc) is 2.94. The number of ether oxygens (including phenoxy) is 3. The van der Waals surface area contributed by atoms with E-state index in [9.17, 15) is 19.2 Å². The Morgan fingerprint density at radius 1 is 0.975 bits per heavy atom. The molecule has 0 aliphatic carbocycles. The smallest absolute Gasteiger partial charge is 0.360 e. The minimum Gasteiger partial charge on any atom is -0.496 e. The molecule has 1 aromatic carbocycles. The normalized spacial score (nSPS) is 12.2. The second-order valence-corrected chi connectivity index (χ2v) is 9.58. The van der Waals surface area contributed by atoms with Crippen LogP contribution in [-0.4, -0.2) is 55.2 Å². The first kappa shape index (κ1) is 32.0. The Labute approximate surface area is 235 Å². The van der Waals surface area contributed by atoms with Gasteiger partial charge in [0.05, 0.1) is 13.0 Å². The van der Waals surface area contributed by atoms with Gasteiger partial charge in [0.1, 0.15) is 11.4 Å². The second-order valence-electron chi connectivity index (χ2n) is 9.58. The van der Waals surface area contributed by atoms with Crippen molar-refractivity contribution < 1.29 is 33.4 Å². The number of methoxy groups -OCH3 is 1. The van der Waals surface area contributed by atoms with E-state index in [-0.39, 0.29) is 28.4 Å². The number of benzene rings is 1. The zero-order chi connectivity index (χ0) is 30.0.